The summed E-state index contributed by atoms with van der Waals surface area (Å²) < 4.78 is 0. The molecule has 0 aliphatic heterocycles. The molecule has 5 nitrogen and oxygen atoms in total. The molecule has 0 heterocycles. The van der Waals surface area contributed by atoms with Gasteiger partial charge in [-0.25, -0.2) is 4.79 Å². The van der Waals surface area contributed by atoms with E-state index < -0.39 is 12.0 Å². The van der Waals surface area contributed by atoms with Crippen molar-refractivity contribution in [3.05, 3.63) is 0 Å². The highest BCUT2D eigenvalue weighted by Crippen LogP contribution is 2.02. The molecular weight excluding hydrogens is 196 g/mol. The van der Waals surface area contributed by atoms with Crippen LogP contribution >= 0.6 is 0 Å². The number of amides is 1. The van der Waals surface area contributed by atoms with Gasteiger partial charge in [-0.1, -0.05) is 13.8 Å². The summed E-state index contributed by atoms with van der Waals surface area (Å²) in [6, 6.07) is -0.785. The summed E-state index contributed by atoms with van der Waals surface area (Å²) in [4.78, 5) is 22.1. The zero-order chi connectivity index (χ0) is 11.8. The van der Waals surface area contributed by atoms with Crippen LogP contribution in [0.25, 0.3) is 0 Å². The molecule has 0 aromatic carbocycles. The molecule has 0 spiro atoms. The topological polar surface area (TPSA) is 78.4 Å². The van der Waals surface area contributed by atoms with Gasteiger partial charge in [0.1, 0.15) is 6.04 Å². The first-order valence-electron chi connectivity index (χ1n) is 5.15. The molecule has 0 saturated heterocycles. The third kappa shape index (κ3) is 6.06. The molecule has 5 heteroatoms. The lowest BCUT2D eigenvalue weighted by molar-refractivity contribution is -0.143. The number of aliphatic carboxylic acids is 1. The Morgan fingerprint density at radius 3 is 2.33 bits per heavy atom. The molecule has 1 atom stereocenters. The summed E-state index contributed by atoms with van der Waals surface area (Å²) in [6.07, 6.45) is 1.07. The van der Waals surface area contributed by atoms with E-state index in [1.807, 2.05) is 7.05 Å². The van der Waals surface area contributed by atoms with Crippen molar-refractivity contribution in [2.75, 3.05) is 13.6 Å². The highest BCUT2D eigenvalue weighted by Gasteiger charge is 2.22. The Morgan fingerprint density at radius 1 is 1.33 bits per heavy atom. The van der Waals surface area contributed by atoms with Gasteiger partial charge >= 0.3 is 5.97 Å². The minimum absolute atomic E-state index is 0.101. The predicted molar refractivity (Wildman–Crippen MR) is 57.6 cm³/mol. The lowest BCUT2D eigenvalue weighted by Crippen LogP contribution is -2.44. The number of hydrogen-bond acceptors (Lipinski definition) is 3. The number of carboxylic acid groups (broad SMARTS) is 1. The van der Waals surface area contributed by atoms with Crippen LogP contribution in [0.3, 0.4) is 0 Å². The van der Waals surface area contributed by atoms with Gasteiger partial charge in [-0.2, -0.15) is 0 Å². The van der Waals surface area contributed by atoms with E-state index in [4.69, 9.17) is 5.11 Å². The maximum Gasteiger partial charge on any atom is 0.326 e. The summed E-state index contributed by atoms with van der Waals surface area (Å²) in [5.41, 5.74) is 0. The minimum atomic E-state index is -0.980. The maximum absolute atomic E-state index is 11.3. The Kier molecular flexibility index (Phi) is 6.70. The summed E-state index contributed by atoms with van der Waals surface area (Å²) in [7, 11) is 1.81. The Bertz CT molecular complexity index is 217. The van der Waals surface area contributed by atoms with E-state index in [9.17, 15) is 9.59 Å². The molecule has 0 fully saturated rings. The molecule has 15 heavy (non-hydrogen) atoms. The molecule has 3 N–H and O–H groups in total. The van der Waals surface area contributed by atoms with Crippen molar-refractivity contribution >= 4 is 11.9 Å². The summed E-state index contributed by atoms with van der Waals surface area (Å²) in [5, 5.41) is 14.3. The zero-order valence-corrected chi connectivity index (χ0v) is 9.54. The lowest BCUT2D eigenvalue weighted by Gasteiger charge is -2.17. The predicted octanol–water partition coefficient (Wildman–Crippen LogP) is 0.211. The number of nitrogens with one attached hydrogen (secondary N) is 2. The van der Waals surface area contributed by atoms with E-state index in [1.54, 1.807) is 13.8 Å². The Balaban J connectivity index is 3.95. The molecule has 1 amide bonds. The van der Waals surface area contributed by atoms with Gasteiger partial charge < -0.3 is 15.7 Å². The van der Waals surface area contributed by atoms with Gasteiger partial charge in [-0.05, 0) is 25.9 Å². The van der Waals surface area contributed by atoms with Crippen LogP contribution in [0.15, 0.2) is 0 Å². The van der Waals surface area contributed by atoms with Crippen LogP contribution in [-0.4, -0.2) is 36.6 Å². The molecule has 0 bridgehead atoms. The Labute approximate surface area is 90.2 Å². The lowest BCUT2D eigenvalue weighted by atomic mass is 10.0. The SMILES string of the molecule is CNCCCC(=O)NC(C(=O)O)C(C)C. The molecule has 0 saturated carbocycles. The molecular formula is C10H20N2O3. The van der Waals surface area contributed by atoms with Crippen molar-refractivity contribution in [3.63, 3.8) is 0 Å². The molecule has 0 aliphatic carbocycles. The van der Waals surface area contributed by atoms with Gasteiger partial charge in [0.2, 0.25) is 5.91 Å². The van der Waals surface area contributed by atoms with Gasteiger partial charge in [0.05, 0.1) is 0 Å². The van der Waals surface area contributed by atoms with Gasteiger partial charge in [0, 0.05) is 6.42 Å². The average Bonchev–Trinajstić information content (AvgIpc) is 2.13. The normalized spacial score (nSPS) is 12.5. The Morgan fingerprint density at radius 2 is 1.93 bits per heavy atom. The van der Waals surface area contributed by atoms with Crippen LogP contribution in [0, 0.1) is 5.92 Å². The van der Waals surface area contributed by atoms with Crippen LogP contribution < -0.4 is 10.6 Å². The summed E-state index contributed by atoms with van der Waals surface area (Å²) in [6.45, 7) is 4.30. The third-order valence-corrected chi connectivity index (χ3v) is 2.08. The van der Waals surface area contributed by atoms with Crippen molar-refractivity contribution in [1.29, 1.82) is 0 Å². The number of hydrogen-bond donors (Lipinski definition) is 3. The van der Waals surface area contributed by atoms with Crippen molar-refractivity contribution in [2.24, 2.45) is 5.92 Å². The summed E-state index contributed by atoms with van der Waals surface area (Å²) >= 11 is 0. The van der Waals surface area contributed by atoms with Gasteiger partial charge in [-0.3, -0.25) is 4.79 Å². The molecule has 0 radical (unpaired) electrons. The highest BCUT2D eigenvalue weighted by atomic mass is 16.4. The fourth-order valence-electron chi connectivity index (χ4n) is 1.18. The first kappa shape index (κ1) is 13.9. The van der Waals surface area contributed by atoms with Crippen LogP contribution in [0.5, 0.6) is 0 Å². The van der Waals surface area contributed by atoms with Gasteiger partial charge in [0.25, 0.3) is 0 Å². The van der Waals surface area contributed by atoms with E-state index in [0.29, 0.717) is 12.8 Å². The highest BCUT2D eigenvalue weighted by molar-refractivity contribution is 5.83. The van der Waals surface area contributed by atoms with Crippen LogP contribution in [0.4, 0.5) is 0 Å². The second-order valence-corrected chi connectivity index (χ2v) is 3.83. The molecule has 0 aromatic heterocycles. The van der Waals surface area contributed by atoms with Crippen LogP contribution in [0.2, 0.25) is 0 Å². The van der Waals surface area contributed by atoms with Crippen molar-refractivity contribution in [3.8, 4) is 0 Å². The third-order valence-electron chi connectivity index (χ3n) is 2.08. The minimum Gasteiger partial charge on any atom is -0.480 e. The van der Waals surface area contributed by atoms with Crippen molar-refractivity contribution < 1.29 is 14.7 Å². The van der Waals surface area contributed by atoms with Crippen LogP contribution in [-0.2, 0) is 9.59 Å². The maximum atomic E-state index is 11.3. The van der Waals surface area contributed by atoms with E-state index in [0.717, 1.165) is 6.54 Å². The van der Waals surface area contributed by atoms with E-state index in [2.05, 4.69) is 10.6 Å². The quantitative estimate of drug-likeness (QED) is 0.532. The molecule has 1 unspecified atom stereocenters. The number of rotatable bonds is 7. The Hall–Kier alpha value is -1.10. The molecule has 0 rings (SSSR count). The van der Waals surface area contributed by atoms with Crippen molar-refractivity contribution in [1.82, 2.24) is 10.6 Å². The molecule has 88 valence electrons. The second-order valence-electron chi connectivity index (χ2n) is 3.83. The fraction of sp³-hybridized carbons (Fsp3) is 0.800. The average molecular weight is 216 g/mol. The number of carbonyl (C=O) groups excluding carboxylic acids is 1. The number of carboxylic acids is 1. The standard InChI is InChI=1S/C10H20N2O3/c1-7(2)9(10(14)15)12-8(13)5-4-6-11-3/h7,9,11H,4-6H2,1-3H3,(H,12,13)(H,14,15). The summed E-state index contributed by atoms with van der Waals surface area (Å²) in [5.74, 6) is -1.28. The zero-order valence-electron chi connectivity index (χ0n) is 9.54. The van der Waals surface area contributed by atoms with Gasteiger partial charge in [0.15, 0.2) is 0 Å². The first-order chi connectivity index (χ1) is 6.99. The van der Waals surface area contributed by atoms with E-state index >= 15 is 0 Å². The smallest absolute Gasteiger partial charge is 0.326 e. The monoisotopic (exact) mass is 216 g/mol. The first-order valence-corrected chi connectivity index (χ1v) is 5.15. The molecule has 0 aliphatic rings. The van der Waals surface area contributed by atoms with Gasteiger partial charge in [-0.15, -0.1) is 0 Å². The van der Waals surface area contributed by atoms with E-state index in [1.165, 1.54) is 0 Å². The van der Waals surface area contributed by atoms with Crippen molar-refractivity contribution in [2.45, 2.75) is 32.7 Å². The number of carbonyl (C=O) groups is 2. The fourth-order valence-corrected chi connectivity index (χ4v) is 1.18. The van der Waals surface area contributed by atoms with Crippen LogP contribution in [0.1, 0.15) is 26.7 Å². The van der Waals surface area contributed by atoms with E-state index in [-0.39, 0.29) is 11.8 Å². The largest absolute Gasteiger partial charge is 0.480 e. The molecule has 0 aromatic rings. The second kappa shape index (κ2) is 7.23.